The van der Waals surface area contributed by atoms with Crippen molar-refractivity contribution in [1.82, 2.24) is 9.97 Å². The van der Waals surface area contributed by atoms with Gasteiger partial charge in [0.1, 0.15) is 5.82 Å². The number of benzene rings is 1. The molecule has 1 aromatic heterocycles. The van der Waals surface area contributed by atoms with Gasteiger partial charge in [0.2, 0.25) is 5.28 Å². The summed E-state index contributed by atoms with van der Waals surface area (Å²) in [5.74, 6) is 0.306. The fourth-order valence-electron chi connectivity index (χ4n) is 1.14. The van der Waals surface area contributed by atoms with E-state index < -0.39 is 0 Å². The lowest BCUT2D eigenvalue weighted by Crippen LogP contribution is -1.95. The summed E-state index contributed by atoms with van der Waals surface area (Å²) >= 11 is 11.5. The summed E-state index contributed by atoms with van der Waals surface area (Å²) < 4.78 is 0. The summed E-state index contributed by atoms with van der Waals surface area (Å²) in [6.07, 6.45) is 0. The van der Waals surface area contributed by atoms with Crippen molar-refractivity contribution in [3.8, 4) is 0 Å². The second-order valence-electron chi connectivity index (χ2n) is 2.51. The third-order valence-corrected chi connectivity index (χ3v) is 2.16. The molecule has 0 fully saturated rings. The first kappa shape index (κ1) is 8.53. The highest BCUT2D eigenvalue weighted by Crippen LogP contribution is 2.26. The van der Waals surface area contributed by atoms with Crippen molar-refractivity contribution < 1.29 is 0 Å². The summed E-state index contributed by atoms with van der Waals surface area (Å²) in [4.78, 5) is 7.80. The standard InChI is InChI=1S/C8H5Cl2N3/c9-4-2-1-3-5-6(4)7(11)13-8(10)12-5/h1-3H,(H2,11,12,13). The molecule has 0 aliphatic carbocycles. The molecule has 0 bridgehead atoms. The van der Waals surface area contributed by atoms with Gasteiger partial charge >= 0.3 is 0 Å². The van der Waals surface area contributed by atoms with Crippen LogP contribution in [0, 0.1) is 0 Å². The number of rotatable bonds is 0. The third kappa shape index (κ3) is 1.41. The van der Waals surface area contributed by atoms with E-state index in [1.54, 1.807) is 18.2 Å². The van der Waals surface area contributed by atoms with E-state index in [1.165, 1.54) is 0 Å². The molecule has 0 radical (unpaired) electrons. The van der Waals surface area contributed by atoms with Gasteiger partial charge in [0.05, 0.1) is 15.9 Å². The minimum atomic E-state index is 0.132. The molecule has 0 unspecified atom stereocenters. The van der Waals surface area contributed by atoms with Crippen molar-refractivity contribution in [3.63, 3.8) is 0 Å². The quantitative estimate of drug-likeness (QED) is 0.685. The monoisotopic (exact) mass is 213 g/mol. The van der Waals surface area contributed by atoms with Crippen LogP contribution in [0.25, 0.3) is 10.9 Å². The van der Waals surface area contributed by atoms with E-state index in [1.807, 2.05) is 0 Å². The fraction of sp³-hybridized carbons (Fsp3) is 0. The molecule has 0 saturated carbocycles. The summed E-state index contributed by atoms with van der Waals surface area (Å²) in [5, 5.41) is 1.31. The van der Waals surface area contributed by atoms with Gasteiger partial charge in [0.25, 0.3) is 0 Å². The van der Waals surface area contributed by atoms with Crippen LogP contribution >= 0.6 is 23.2 Å². The Morgan fingerprint density at radius 1 is 1.15 bits per heavy atom. The van der Waals surface area contributed by atoms with Crippen LogP contribution in [0.1, 0.15) is 0 Å². The van der Waals surface area contributed by atoms with Crippen LogP contribution in [-0.2, 0) is 0 Å². The zero-order valence-corrected chi connectivity index (χ0v) is 7.97. The lowest BCUT2D eigenvalue weighted by molar-refractivity contribution is 1.23. The van der Waals surface area contributed by atoms with Crippen LogP contribution in [0.5, 0.6) is 0 Å². The van der Waals surface area contributed by atoms with Gasteiger partial charge in [-0.1, -0.05) is 17.7 Å². The Morgan fingerprint density at radius 2 is 1.92 bits per heavy atom. The normalized spacial score (nSPS) is 10.6. The van der Waals surface area contributed by atoms with Crippen molar-refractivity contribution in [3.05, 3.63) is 28.5 Å². The number of fused-ring (bicyclic) bond motifs is 1. The number of aromatic nitrogens is 2. The second-order valence-corrected chi connectivity index (χ2v) is 3.26. The Morgan fingerprint density at radius 3 is 2.69 bits per heavy atom. The number of nitrogens with zero attached hydrogens (tertiary/aromatic N) is 2. The first-order valence-electron chi connectivity index (χ1n) is 3.56. The van der Waals surface area contributed by atoms with Gasteiger partial charge in [-0.25, -0.2) is 9.97 Å². The SMILES string of the molecule is Nc1nc(Cl)nc2cccc(Cl)c12. The zero-order chi connectivity index (χ0) is 9.42. The van der Waals surface area contributed by atoms with Gasteiger partial charge in [-0.3, -0.25) is 0 Å². The van der Waals surface area contributed by atoms with E-state index in [9.17, 15) is 0 Å². The fourth-order valence-corrected chi connectivity index (χ4v) is 1.59. The van der Waals surface area contributed by atoms with E-state index in [-0.39, 0.29) is 5.28 Å². The van der Waals surface area contributed by atoms with Crippen LogP contribution < -0.4 is 5.73 Å². The molecule has 2 aromatic rings. The van der Waals surface area contributed by atoms with Crippen LogP contribution in [0.3, 0.4) is 0 Å². The van der Waals surface area contributed by atoms with Gasteiger partial charge in [-0.2, -0.15) is 0 Å². The maximum Gasteiger partial charge on any atom is 0.224 e. The molecule has 0 atom stereocenters. The molecule has 0 aliphatic rings. The third-order valence-electron chi connectivity index (χ3n) is 1.67. The van der Waals surface area contributed by atoms with Crippen molar-refractivity contribution >= 4 is 39.9 Å². The van der Waals surface area contributed by atoms with Crippen molar-refractivity contribution in [2.75, 3.05) is 5.73 Å². The average Bonchev–Trinajstić information content (AvgIpc) is 2.02. The number of hydrogen-bond acceptors (Lipinski definition) is 3. The van der Waals surface area contributed by atoms with E-state index in [0.717, 1.165) is 0 Å². The molecule has 0 amide bonds. The number of nitrogen functional groups attached to an aromatic ring is 1. The summed E-state index contributed by atoms with van der Waals surface area (Å²) in [5.41, 5.74) is 6.30. The number of anilines is 1. The molecule has 1 aromatic carbocycles. The molecule has 5 heteroatoms. The molecule has 2 N–H and O–H groups in total. The highest BCUT2D eigenvalue weighted by atomic mass is 35.5. The van der Waals surface area contributed by atoms with Crippen LogP contribution in [0.4, 0.5) is 5.82 Å². The molecule has 66 valence electrons. The lowest BCUT2D eigenvalue weighted by atomic mass is 10.2. The summed E-state index contributed by atoms with van der Waals surface area (Å²) in [6.45, 7) is 0. The molecule has 1 heterocycles. The summed E-state index contributed by atoms with van der Waals surface area (Å²) in [6, 6.07) is 5.30. The Labute approximate surface area is 84.5 Å². The predicted octanol–water partition coefficient (Wildman–Crippen LogP) is 2.52. The highest BCUT2D eigenvalue weighted by Gasteiger charge is 2.06. The molecule has 0 aliphatic heterocycles. The lowest BCUT2D eigenvalue weighted by Gasteiger charge is -2.02. The second kappa shape index (κ2) is 3.01. The Hall–Kier alpha value is -1.06. The molecule has 0 spiro atoms. The van der Waals surface area contributed by atoms with E-state index in [0.29, 0.717) is 21.7 Å². The number of nitrogens with two attached hydrogens (primary N) is 1. The Kier molecular flexibility index (Phi) is 1.98. The summed E-state index contributed by atoms with van der Waals surface area (Å²) in [7, 11) is 0. The molecule has 0 saturated heterocycles. The van der Waals surface area contributed by atoms with E-state index in [4.69, 9.17) is 28.9 Å². The average molecular weight is 214 g/mol. The minimum Gasteiger partial charge on any atom is -0.383 e. The molecular formula is C8H5Cl2N3. The van der Waals surface area contributed by atoms with Gasteiger partial charge < -0.3 is 5.73 Å². The topological polar surface area (TPSA) is 51.8 Å². The molecule has 2 rings (SSSR count). The molecular weight excluding hydrogens is 209 g/mol. The van der Waals surface area contributed by atoms with Crippen LogP contribution in [0.2, 0.25) is 10.3 Å². The van der Waals surface area contributed by atoms with Gasteiger partial charge in [0, 0.05) is 0 Å². The maximum atomic E-state index is 5.91. The van der Waals surface area contributed by atoms with E-state index in [2.05, 4.69) is 9.97 Å². The largest absolute Gasteiger partial charge is 0.383 e. The first-order chi connectivity index (χ1) is 6.18. The van der Waals surface area contributed by atoms with Gasteiger partial charge in [-0.15, -0.1) is 0 Å². The van der Waals surface area contributed by atoms with Crippen LogP contribution in [0.15, 0.2) is 18.2 Å². The maximum absolute atomic E-state index is 5.91. The Bertz CT molecular complexity index is 470. The zero-order valence-electron chi connectivity index (χ0n) is 6.46. The van der Waals surface area contributed by atoms with Crippen LogP contribution in [-0.4, -0.2) is 9.97 Å². The smallest absolute Gasteiger partial charge is 0.224 e. The van der Waals surface area contributed by atoms with Gasteiger partial charge in [0.15, 0.2) is 0 Å². The Balaban J connectivity index is 2.94. The highest BCUT2D eigenvalue weighted by molar-refractivity contribution is 6.36. The number of hydrogen-bond donors (Lipinski definition) is 1. The van der Waals surface area contributed by atoms with Gasteiger partial charge in [-0.05, 0) is 23.7 Å². The van der Waals surface area contributed by atoms with Crippen molar-refractivity contribution in [2.24, 2.45) is 0 Å². The molecule has 13 heavy (non-hydrogen) atoms. The van der Waals surface area contributed by atoms with Crippen molar-refractivity contribution in [2.45, 2.75) is 0 Å². The van der Waals surface area contributed by atoms with Crippen molar-refractivity contribution in [1.29, 1.82) is 0 Å². The number of halogens is 2. The predicted molar refractivity (Wildman–Crippen MR) is 54.0 cm³/mol. The first-order valence-corrected chi connectivity index (χ1v) is 4.31. The van der Waals surface area contributed by atoms with E-state index >= 15 is 0 Å². The minimum absolute atomic E-state index is 0.132. The molecule has 3 nitrogen and oxygen atoms in total.